The second-order valence-corrected chi connectivity index (χ2v) is 11.6. The number of benzene rings is 1. The zero-order valence-electron chi connectivity index (χ0n) is 24.2. The first-order chi connectivity index (χ1) is 18.8. The molecule has 0 spiro atoms. The van der Waals surface area contributed by atoms with Crippen LogP contribution >= 0.6 is 0 Å². The van der Waals surface area contributed by atoms with Crippen molar-refractivity contribution in [3.8, 4) is 11.3 Å². The van der Waals surface area contributed by atoms with E-state index in [0.29, 0.717) is 42.2 Å². The van der Waals surface area contributed by atoms with Crippen LogP contribution in [0.4, 0.5) is 20.7 Å². The number of carbonyl (C=O) groups excluding carboxylic acids is 1. The maximum absolute atomic E-state index is 14.0. The molecule has 1 aliphatic heterocycles. The van der Waals surface area contributed by atoms with Crippen LogP contribution in [0, 0.1) is 32.5 Å². The fourth-order valence-electron chi connectivity index (χ4n) is 4.73. The van der Waals surface area contributed by atoms with Gasteiger partial charge >= 0.3 is 6.09 Å². The maximum Gasteiger partial charge on any atom is 0.421 e. The molecule has 11 heteroatoms. The number of nitrogens with two attached hydrogens (primary N) is 1. The Morgan fingerprint density at radius 2 is 1.82 bits per heavy atom. The maximum atomic E-state index is 14.0. The quantitative estimate of drug-likeness (QED) is 0.461. The Morgan fingerprint density at radius 1 is 1.15 bits per heavy atom. The molecule has 0 bridgehead atoms. The van der Waals surface area contributed by atoms with Crippen molar-refractivity contribution in [3.63, 3.8) is 0 Å². The minimum absolute atomic E-state index is 0.291. The Hall–Kier alpha value is -4.15. The van der Waals surface area contributed by atoms with E-state index < -0.39 is 11.7 Å². The van der Waals surface area contributed by atoms with E-state index in [-0.39, 0.29) is 5.82 Å². The predicted molar refractivity (Wildman–Crippen MR) is 154 cm³/mol. The van der Waals surface area contributed by atoms with E-state index in [4.69, 9.17) is 20.6 Å². The van der Waals surface area contributed by atoms with Gasteiger partial charge in [-0.25, -0.2) is 28.4 Å². The third-order valence-electron chi connectivity index (χ3n) is 7.08. The van der Waals surface area contributed by atoms with Gasteiger partial charge in [-0.05, 0) is 84.6 Å². The number of nitrogens with zero attached hydrogens (tertiary/aromatic N) is 7. The molecular weight excluding hydrogens is 511 g/mol. The number of halogens is 1. The van der Waals surface area contributed by atoms with Gasteiger partial charge in [0.25, 0.3) is 0 Å². The van der Waals surface area contributed by atoms with Crippen LogP contribution in [-0.4, -0.2) is 55.7 Å². The fraction of sp³-hybridized carbons (Fsp3) is 0.448. The van der Waals surface area contributed by atoms with Crippen molar-refractivity contribution in [1.29, 1.82) is 0 Å². The summed E-state index contributed by atoms with van der Waals surface area (Å²) < 4.78 is 23.3. The van der Waals surface area contributed by atoms with Gasteiger partial charge < -0.3 is 15.4 Å². The van der Waals surface area contributed by atoms with Crippen molar-refractivity contribution in [3.05, 3.63) is 53.1 Å². The zero-order valence-corrected chi connectivity index (χ0v) is 24.2. The molecule has 40 heavy (non-hydrogen) atoms. The van der Waals surface area contributed by atoms with E-state index >= 15 is 0 Å². The smallest absolute Gasteiger partial charge is 0.421 e. The molecule has 1 saturated carbocycles. The molecular formula is C29H37FN8O2. The first-order valence-electron chi connectivity index (χ1n) is 13.5. The van der Waals surface area contributed by atoms with Crippen molar-refractivity contribution in [2.75, 3.05) is 24.3 Å². The predicted octanol–water partition coefficient (Wildman–Crippen LogP) is 5.34. The third-order valence-corrected chi connectivity index (χ3v) is 7.08. The van der Waals surface area contributed by atoms with Gasteiger partial charge in [0.05, 0.1) is 22.8 Å². The van der Waals surface area contributed by atoms with Crippen LogP contribution in [-0.2, 0) is 11.3 Å². The van der Waals surface area contributed by atoms with Gasteiger partial charge in [-0.3, -0.25) is 0 Å². The second kappa shape index (κ2) is 10.1. The molecule has 1 amide bonds. The summed E-state index contributed by atoms with van der Waals surface area (Å²) in [4.78, 5) is 22.2. The van der Waals surface area contributed by atoms with Crippen LogP contribution < -0.4 is 10.6 Å². The number of amides is 1. The molecule has 1 fully saturated rings. The molecule has 0 atom stereocenters. The van der Waals surface area contributed by atoms with Crippen molar-refractivity contribution in [2.24, 2.45) is 10.9 Å². The van der Waals surface area contributed by atoms with Crippen LogP contribution in [0.25, 0.3) is 17.1 Å². The van der Waals surface area contributed by atoms with Gasteiger partial charge in [0.15, 0.2) is 0 Å². The molecule has 0 radical (unpaired) electrons. The Kier molecular flexibility index (Phi) is 6.93. The number of hydrogen-bond acceptors (Lipinski definition) is 7. The summed E-state index contributed by atoms with van der Waals surface area (Å²) in [7, 11) is 1.91. The topological polar surface area (TPSA) is 107 Å². The van der Waals surface area contributed by atoms with Gasteiger partial charge in [0.1, 0.15) is 35.6 Å². The highest BCUT2D eigenvalue weighted by atomic mass is 19.1. The Morgan fingerprint density at radius 3 is 2.40 bits per heavy atom. The number of hydrogen-bond donors (Lipinski definition) is 1. The molecule has 0 unspecified atom stereocenters. The molecule has 2 N–H and O–H groups in total. The molecule has 2 aromatic heterocycles. The van der Waals surface area contributed by atoms with Crippen molar-refractivity contribution < 1.29 is 13.9 Å². The summed E-state index contributed by atoms with van der Waals surface area (Å²) in [6, 6.07) is 6.23. The lowest BCUT2D eigenvalue weighted by atomic mass is 10.1. The number of carbonyl (C=O) groups is 1. The molecule has 5 rings (SSSR count). The highest BCUT2D eigenvalue weighted by molar-refractivity contribution is 6.21. The zero-order chi connectivity index (χ0) is 28.9. The molecule has 2 aliphatic rings. The van der Waals surface area contributed by atoms with Crippen LogP contribution in [0.3, 0.4) is 0 Å². The van der Waals surface area contributed by atoms with Crippen molar-refractivity contribution >= 4 is 29.3 Å². The molecule has 1 aromatic carbocycles. The van der Waals surface area contributed by atoms with E-state index in [1.54, 1.807) is 16.8 Å². The highest BCUT2D eigenvalue weighted by Crippen LogP contribution is 2.37. The Labute approximate surface area is 233 Å². The minimum Gasteiger partial charge on any atom is -0.443 e. The SMILES string of the molecule is Cc1nn(C2=CC(N(C(=O)OC(C)(C)C)c3c(C)c(-c4ccc(F)cc4)nn3CC3CC3)=NCN2C)c(C)c1N. The van der Waals surface area contributed by atoms with Gasteiger partial charge in [-0.1, -0.05) is 0 Å². The van der Waals surface area contributed by atoms with Crippen LogP contribution in [0.1, 0.15) is 50.6 Å². The van der Waals surface area contributed by atoms with Crippen LogP contribution in [0.5, 0.6) is 0 Å². The number of ether oxygens (including phenoxy) is 1. The van der Waals surface area contributed by atoms with E-state index in [1.165, 1.54) is 17.0 Å². The summed E-state index contributed by atoms with van der Waals surface area (Å²) in [5.74, 6) is 1.85. The van der Waals surface area contributed by atoms with Gasteiger partial charge in [-0.15, -0.1) is 0 Å². The van der Waals surface area contributed by atoms with E-state index in [1.807, 2.05) is 64.2 Å². The summed E-state index contributed by atoms with van der Waals surface area (Å²) in [6.07, 6.45) is 3.46. The van der Waals surface area contributed by atoms with Crippen molar-refractivity contribution in [2.45, 2.75) is 66.5 Å². The van der Waals surface area contributed by atoms with E-state index in [9.17, 15) is 9.18 Å². The fourth-order valence-corrected chi connectivity index (χ4v) is 4.73. The standard InChI is InChI=1S/C29H37FN8O2/c1-17-26(21-10-12-22(30)13-11-21)34-36(15-20-8-9-20)27(17)37(28(39)40-29(4,5)6)23-14-24(35(7)16-32-23)38-19(3)25(31)18(2)33-38/h10-14,20H,8-9,15-16,31H2,1-7H3. The first kappa shape index (κ1) is 27.4. The molecule has 3 heterocycles. The summed E-state index contributed by atoms with van der Waals surface area (Å²) >= 11 is 0. The average molecular weight is 549 g/mol. The number of aromatic nitrogens is 4. The average Bonchev–Trinajstić information content (AvgIpc) is 3.60. The first-order valence-corrected chi connectivity index (χ1v) is 13.5. The van der Waals surface area contributed by atoms with E-state index in [0.717, 1.165) is 41.2 Å². The van der Waals surface area contributed by atoms with E-state index in [2.05, 4.69) is 5.10 Å². The summed E-state index contributed by atoms with van der Waals surface area (Å²) in [6.45, 7) is 12.1. The number of nitrogen functional groups attached to an aromatic ring is 1. The number of aryl methyl sites for hydroxylation is 1. The molecule has 3 aromatic rings. The third kappa shape index (κ3) is 5.32. The number of rotatable bonds is 5. The lowest BCUT2D eigenvalue weighted by molar-refractivity contribution is 0.0601. The Bertz CT molecular complexity index is 1510. The highest BCUT2D eigenvalue weighted by Gasteiger charge is 2.35. The summed E-state index contributed by atoms with van der Waals surface area (Å²) in [5.41, 5.74) is 9.84. The van der Waals surface area contributed by atoms with Gasteiger partial charge in [0, 0.05) is 30.8 Å². The van der Waals surface area contributed by atoms with Crippen molar-refractivity contribution in [1.82, 2.24) is 24.5 Å². The lowest BCUT2D eigenvalue weighted by Crippen LogP contribution is -2.44. The van der Waals surface area contributed by atoms with Crippen LogP contribution in [0.15, 0.2) is 35.3 Å². The summed E-state index contributed by atoms with van der Waals surface area (Å²) in [5, 5.41) is 9.56. The normalized spacial score (nSPS) is 15.7. The number of anilines is 2. The molecule has 1 aliphatic carbocycles. The van der Waals surface area contributed by atoms with Gasteiger partial charge in [-0.2, -0.15) is 10.2 Å². The Balaban J connectivity index is 1.67. The number of aliphatic imine (C=N–C) groups is 1. The monoisotopic (exact) mass is 548 g/mol. The van der Waals surface area contributed by atoms with Crippen LogP contribution in [0.2, 0.25) is 0 Å². The lowest BCUT2D eigenvalue weighted by Gasteiger charge is -2.32. The van der Waals surface area contributed by atoms with Gasteiger partial charge in [0.2, 0.25) is 0 Å². The second-order valence-electron chi connectivity index (χ2n) is 11.6. The molecule has 0 saturated heterocycles. The molecule has 10 nitrogen and oxygen atoms in total. The minimum atomic E-state index is -0.743. The number of amidine groups is 1. The largest absolute Gasteiger partial charge is 0.443 e. The molecule has 212 valence electrons.